The van der Waals surface area contributed by atoms with Crippen LogP contribution in [0.1, 0.15) is 17.3 Å². The van der Waals surface area contributed by atoms with Gasteiger partial charge in [0.05, 0.1) is 5.75 Å². The summed E-state index contributed by atoms with van der Waals surface area (Å²) in [4.78, 5) is 4.39. The fourth-order valence-electron chi connectivity index (χ4n) is 1.69. The monoisotopic (exact) mass is 319 g/mol. The Morgan fingerprint density at radius 2 is 2.10 bits per heavy atom. The molecule has 3 aromatic rings. The second-order valence-electron chi connectivity index (χ2n) is 4.18. The molecule has 2 heterocycles. The van der Waals surface area contributed by atoms with E-state index in [9.17, 15) is 0 Å². The van der Waals surface area contributed by atoms with Crippen LogP contribution in [0.4, 0.5) is 5.13 Å². The van der Waals surface area contributed by atoms with Crippen LogP contribution in [0.2, 0.25) is 0 Å². The van der Waals surface area contributed by atoms with Crippen LogP contribution in [-0.4, -0.2) is 27.4 Å². The Morgan fingerprint density at radius 1 is 1.24 bits per heavy atom. The van der Waals surface area contributed by atoms with Crippen molar-refractivity contribution in [1.29, 1.82) is 0 Å². The lowest BCUT2D eigenvalue weighted by Crippen LogP contribution is -1.90. The average Bonchev–Trinajstić information content (AvgIpc) is 3.15. The summed E-state index contributed by atoms with van der Waals surface area (Å²) in [5.74, 6) is 1.90. The van der Waals surface area contributed by atoms with Crippen LogP contribution in [0, 0.1) is 0 Å². The molecule has 0 bridgehead atoms. The minimum atomic E-state index is 0.597. The van der Waals surface area contributed by atoms with Gasteiger partial charge in [-0.15, -0.1) is 10.2 Å². The highest BCUT2D eigenvalue weighted by atomic mass is 32.2. The molecule has 2 aromatic heterocycles. The van der Waals surface area contributed by atoms with Crippen LogP contribution in [0.15, 0.2) is 39.2 Å². The summed E-state index contributed by atoms with van der Waals surface area (Å²) in [7, 11) is 1.82. The van der Waals surface area contributed by atoms with Gasteiger partial charge in [0.1, 0.15) is 0 Å². The number of benzene rings is 1. The van der Waals surface area contributed by atoms with Crippen LogP contribution >= 0.6 is 23.1 Å². The van der Waals surface area contributed by atoms with Crippen molar-refractivity contribution in [2.75, 3.05) is 12.4 Å². The highest BCUT2D eigenvalue weighted by molar-refractivity contribution is 8.00. The minimum Gasteiger partial charge on any atom is -0.363 e. The number of nitrogens with one attached hydrogen (secondary N) is 1. The summed E-state index contributed by atoms with van der Waals surface area (Å²) < 4.78 is 6.13. The van der Waals surface area contributed by atoms with E-state index < -0.39 is 0 Å². The van der Waals surface area contributed by atoms with Crippen molar-refractivity contribution >= 4 is 28.2 Å². The van der Waals surface area contributed by atoms with Crippen molar-refractivity contribution in [3.63, 3.8) is 0 Å². The molecule has 0 fully saturated rings. The topological polar surface area (TPSA) is 76.7 Å². The maximum Gasteiger partial charge on any atom is 0.237 e. The van der Waals surface area contributed by atoms with Crippen LogP contribution in [0.3, 0.4) is 0 Å². The minimum absolute atomic E-state index is 0.597. The Balaban J connectivity index is 1.57. The zero-order chi connectivity index (χ0) is 14.5. The van der Waals surface area contributed by atoms with E-state index in [0.29, 0.717) is 23.9 Å². The van der Waals surface area contributed by atoms with Gasteiger partial charge in [0.25, 0.3) is 0 Å². The summed E-state index contributed by atoms with van der Waals surface area (Å²) in [6.45, 7) is 0. The summed E-state index contributed by atoms with van der Waals surface area (Å²) >= 11 is 3.04. The highest BCUT2D eigenvalue weighted by Gasteiger charge is 2.10. The zero-order valence-electron chi connectivity index (χ0n) is 11.3. The summed E-state index contributed by atoms with van der Waals surface area (Å²) in [6.07, 6.45) is 0.678. The quantitative estimate of drug-likeness (QED) is 0.700. The lowest BCUT2D eigenvalue weighted by Gasteiger charge is -1.94. The molecule has 0 aliphatic heterocycles. The maximum atomic E-state index is 5.25. The molecule has 0 radical (unpaired) electrons. The van der Waals surface area contributed by atoms with Gasteiger partial charge in [-0.25, -0.2) is 0 Å². The number of hydrogen-bond acceptors (Lipinski definition) is 8. The lowest BCUT2D eigenvalue weighted by molar-refractivity contribution is 0.386. The number of thioether (sulfide) groups is 1. The van der Waals surface area contributed by atoms with Crippen molar-refractivity contribution in [3.8, 4) is 0 Å². The van der Waals surface area contributed by atoms with Crippen LogP contribution < -0.4 is 5.32 Å². The number of anilines is 1. The second kappa shape index (κ2) is 6.68. The van der Waals surface area contributed by atoms with Gasteiger partial charge in [-0.05, 0) is 5.56 Å². The van der Waals surface area contributed by atoms with E-state index in [2.05, 4.69) is 25.7 Å². The lowest BCUT2D eigenvalue weighted by atomic mass is 10.1. The molecule has 1 N–H and O–H groups in total. The molecule has 0 aliphatic carbocycles. The fraction of sp³-hybridized carbons (Fsp3) is 0.231. The average molecular weight is 319 g/mol. The molecule has 8 heteroatoms. The van der Waals surface area contributed by atoms with E-state index in [1.54, 1.807) is 0 Å². The maximum absolute atomic E-state index is 5.25. The molecule has 0 saturated carbocycles. The first-order valence-corrected chi connectivity index (χ1v) is 8.13. The SMILES string of the molecule is CNc1nnc(SCc2nc(Cc3ccccc3)no2)s1. The summed E-state index contributed by atoms with van der Waals surface area (Å²) in [5.41, 5.74) is 1.17. The van der Waals surface area contributed by atoms with Gasteiger partial charge in [0, 0.05) is 13.5 Å². The second-order valence-corrected chi connectivity index (χ2v) is 6.38. The smallest absolute Gasteiger partial charge is 0.237 e. The molecule has 0 spiro atoms. The highest BCUT2D eigenvalue weighted by Crippen LogP contribution is 2.27. The molecule has 0 aliphatic rings. The Bertz CT molecular complexity index is 697. The number of aromatic nitrogens is 4. The Hall–Kier alpha value is -1.93. The van der Waals surface area contributed by atoms with Crippen LogP contribution in [0.25, 0.3) is 0 Å². The summed E-state index contributed by atoms with van der Waals surface area (Å²) in [5, 5.41) is 15.8. The normalized spacial score (nSPS) is 10.7. The number of nitrogens with zero attached hydrogens (tertiary/aromatic N) is 4. The van der Waals surface area contributed by atoms with E-state index in [1.807, 2.05) is 37.4 Å². The van der Waals surface area contributed by atoms with Crippen LogP contribution in [-0.2, 0) is 12.2 Å². The molecule has 0 unspecified atom stereocenters. The molecule has 108 valence electrons. The fourth-order valence-corrected chi connectivity index (χ4v) is 3.23. The molecule has 1 aromatic carbocycles. The van der Waals surface area contributed by atoms with Gasteiger partial charge in [0.2, 0.25) is 11.0 Å². The van der Waals surface area contributed by atoms with Crippen LogP contribution in [0.5, 0.6) is 0 Å². The summed E-state index contributed by atoms with van der Waals surface area (Å²) in [6, 6.07) is 10.1. The third-order valence-corrected chi connectivity index (χ3v) is 4.71. The van der Waals surface area contributed by atoms with Crippen molar-refractivity contribution in [1.82, 2.24) is 20.3 Å². The molecule has 0 atom stereocenters. The predicted molar refractivity (Wildman–Crippen MR) is 82.6 cm³/mol. The van der Waals surface area contributed by atoms with Crippen molar-refractivity contribution in [2.24, 2.45) is 0 Å². The molecule has 0 saturated heterocycles. The zero-order valence-corrected chi connectivity index (χ0v) is 12.9. The Morgan fingerprint density at radius 3 is 2.86 bits per heavy atom. The molecular weight excluding hydrogens is 306 g/mol. The van der Waals surface area contributed by atoms with E-state index >= 15 is 0 Å². The molecule has 21 heavy (non-hydrogen) atoms. The van der Waals surface area contributed by atoms with Crippen molar-refractivity contribution in [3.05, 3.63) is 47.6 Å². The predicted octanol–water partition coefficient (Wildman–Crippen LogP) is 2.85. The third kappa shape index (κ3) is 3.79. The largest absolute Gasteiger partial charge is 0.363 e. The molecular formula is C13H13N5OS2. The van der Waals surface area contributed by atoms with Gasteiger partial charge >= 0.3 is 0 Å². The third-order valence-electron chi connectivity index (χ3n) is 2.65. The van der Waals surface area contributed by atoms with Gasteiger partial charge in [-0.1, -0.05) is 58.6 Å². The van der Waals surface area contributed by atoms with E-state index in [-0.39, 0.29) is 0 Å². The Kier molecular flexibility index (Phi) is 4.46. The standard InChI is InChI=1S/C13H13N5OS2/c1-14-12-16-17-13(21-12)20-8-11-15-10(18-19-11)7-9-5-3-2-4-6-9/h2-6H,7-8H2,1H3,(H,14,16). The molecule has 0 amide bonds. The first-order valence-electron chi connectivity index (χ1n) is 6.33. The van der Waals surface area contributed by atoms with Crippen molar-refractivity contribution in [2.45, 2.75) is 16.5 Å². The van der Waals surface area contributed by atoms with Gasteiger partial charge in [-0.2, -0.15) is 4.98 Å². The number of hydrogen-bond donors (Lipinski definition) is 1. The van der Waals surface area contributed by atoms with Gasteiger partial charge in [0.15, 0.2) is 10.2 Å². The molecule has 6 nitrogen and oxygen atoms in total. The van der Waals surface area contributed by atoms with E-state index in [0.717, 1.165) is 9.47 Å². The van der Waals surface area contributed by atoms with Gasteiger partial charge < -0.3 is 9.84 Å². The first-order chi connectivity index (χ1) is 10.3. The van der Waals surface area contributed by atoms with E-state index in [4.69, 9.17) is 4.52 Å². The number of rotatable bonds is 6. The first kappa shape index (κ1) is 14.0. The van der Waals surface area contributed by atoms with E-state index in [1.165, 1.54) is 28.7 Å². The Labute approximate surface area is 130 Å². The van der Waals surface area contributed by atoms with Crippen molar-refractivity contribution < 1.29 is 4.52 Å². The molecule has 3 rings (SSSR count). The van der Waals surface area contributed by atoms with Gasteiger partial charge in [-0.3, -0.25) is 0 Å².